The third kappa shape index (κ3) is 3.12. The van der Waals surface area contributed by atoms with E-state index in [2.05, 4.69) is 24.9 Å². The first-order valence-electron chi connectivity index (χ1n) is 8.66. The van der Waals surface area contributed by atoms with Crippen molar-refractivity contribution in [3.05, 3.63) is 77.9 Å². The van der Waals surface area contributed by atoms with E-state index in [9.17, 15) is 9.90 Å². The fourth-order valence-corrected chi connectivity index (χ4v) is 4.16. The van der Waals surface area contributed by atoms with Crippen molar-refractivity contribution >= 4 is 11.6 Å². The van der Waals surface area contributed by atoms with Crippen LogP contribution in [0, 0.1) is 5.41 Å². The summed E-state index contributed by atoms with van der Waals surface area (Å²) in [7, 11) is 0. The number of aliphatic hydroxyl groups is 1. The third-order valence-corrected chi connectivity index (χ3v) is 5.32. The highest BCUT2D eigenvalue weighted by Crippen LogP contribution is 2.53. The Morgan fingerprint density at radius 1 is 1.28 bits per heavy atom. The van der Waals surface area contributed by atoms with E-state index in [1.807, 2.05) is 42.5 Å². The molecule has 1 amide bonds. The maximum Gasteiger partial charge on any atom is 0.221 e. The second kappa shape index (κ2) is 6.49. The van der Waals surface area contributed by atoms with E-state index in [1.165, 1.54) is 12.5 Å². The molecule has 3 heteroatoms. The van der Waals surface area contributed by atoms with E-state index < -0.39 is 5.60 Å². The quantitative estimate of drug-likeness (QED) is 0.804. The summed E-state index contributed by atoms with van der Waals surface area (Å²) < 4.78 is 0. The highest BCUT2D eigenvalue weighted by atomic mass is 16.3. The summed E-state index contributed by atoms with van der Waals surface area (Å²) >= 11 is 0. The van der Waals surface area contributed by atoms with Gasteiger partial charge in [0.05, 0.1) is 5.60 Å². The summed E-state index contributed by atoms with van der Waals surface area (Å²) in [5.74, 6) is -0.0835. The van der Waals surface area contributed by atoms with Crippen LogP contribution in [0.4, 0.5) is 5.69 Å². The molecule has 0 aromatic heterocycles. The van der Waals surface area contributed by atoms with Crippen LogP contribution in [0.2, 0.25) is 0 Å². The van der Waals surface area contributed by atoms with Crippen LogP contribution in [0.3, 0.4) is 0 Å². The number of hydrogen-bond acceptors (Lipinski definition) is 2. The van der Waals surface area contributed by atoms with E-state index in [4.69, 9.17) is 0 Å². The molecule has 2 atom stereocenters. The number of amides is 1. The number of carbonyl (C=O) groups excluding carboxylic acids is 1. The Morgan fingerprint density at radius 3 is 2.76 bits per heavy atom. The summed E-state index contributed by atoms with van der Waals surface area (Å²) in [5.41, 5.74) is 2.83. The first-order valence-corrected chi connectivity index (χ1v) is 8.66. The molecule has 0 spiro atoms. The summed E-state index contributed by atoms with van der Waals surface area (Å²) in [6, 6.07) is 16.0. The van der Waals surface area contributed by atoms with E-state index in [0.29, 0.717) is 6.42 Å². The Balaban J connectivity index is 1.96. The van der Waals surface area contributed by atoms with E-state index in [1.54, 1.807) is 6.08 Å². The fraction of sp³-hybridized carbons (Fsp3) is 0.318. The normalized spacial score (nSPS) is 24.6. The van der Waals surface area contributed by atoms with Gasteiger partial charge in [0.2, 0.25) is 5.91 Å². The summed E-state index contributed by atoms with van der Waals surface area (Å²) in [6.45, 7) is 7.50. The van der Waals surface area contributed by atoms with Crippen LogP contribution in [-0.2, 0) is 23.2 Å². The lowest BCUT2D eigenvalue weighted by Crippen LogP contribution is -2.42. The molecule has 1 aliphatic carbocycles. The molecule has 0 radical (unpaired) electrons. The molecule has 0 saturated carbocycles. The second-order valence-electron chi connectivity index (χ2n) is 7.31. The first kappa shape index (κ1) is 17.4. The predicted octanol–water partition coefficient (Wildman–Crippen LogP) is 4.21. The van der Waals surface area contributed by atoms with Gasteiger partial charge in [-0.25, -0.2) is 0 Å². The molecule has 0 saturated heterocycles. The molecule has 0 aliphatic heterocycles. The van der Waals surface area contributed by atoms with Crippen molar-refractivity contribution in [1.29, 1.82) is 0 Å². The monoisotopic (exact) mass is 335 g/mol. The summed E-state index contributed by atoms with van der Waals surface area (Å²) in [6.07, 6.45) is 3.86. The Hall–Kier alpha value is -2.39. The third-order valence-electron chi connectivity index (χ3n) is 5.32. The molecule has 2 N–H and O–H groups in total. The van der Waals surface area contributed by atoms with E-state index in [0.717, 1.165) is 29.7 Å². The van der Waals surface area contributed by atoms with Crippen LogP contribution >= 0.6 is 0 Å². The maximum absolute atomic E-state index is 11.6. The molecule has 3 rings (SSSR count). The highest BCUT2D eigenvalue weighted by Gasteiger charge is 2.52. The van der Waals surface area contributed by atoms with Gasteiger partial charge in [-0.2, -0.15) is 0 Å². The molecule has 1 aliphatic rings. The zero-order valence-corrected chi connectivity index (χ0v) is 14.9. The smallest absolute Gasteiger partial charge is 0.221 e. The molecule has 0 bridgehead atoms. The van der Waals surface area contributed by atoms with Gasteiger partial charge in [0.15, 0.2) is 0 Å². The van der Waals surface area contributed by atoms with Gasteiger partial charge in [0.25, 0.3) is 0 Å². The Bertz CT molecular complexity index is 813. The average molecular weight is 335 g/mol. The van der Waals surface area contributed by atoms with Crippen LogP contribution in [-0.4, -0.2) is 11.0 Å². The molecule has 2 aromatic rings. The van der Waals surface area contributed by atoms with Gasteiger partial charge in [-0.3, -0.25) is 4.79 Å². The van der Waals surface area contributed by atoms with Crippen molar-refractivity contribution in [1.82, 2.24) is 0 Å². The minimum Gasteiger partial charge on any atom is -0.384 e. The van der Waals surface area contributed by atoms with Crippen molar-refractivity contribution in [2.45, 2.75) is 38.7 Å². The van der Waals surface area contributed by atoms with Crippen LogP contribution in [0.1, 0.15) is 37.0 Å². The molecular formula is C22H25NO2. The lowest BCUT2D eigenvalue weighted by molar-refractivity contribution is -0.114. The number of fused-ring (bicyclic) bond motifs is 1. The Morgan fingerprint density at radius 2 is 2.04 bits per heavy atom. The van der Waals surface area contributed by atoms with E-state index >= 15 is 0 Å². The SMILES string of the molecule is C=CCC1(O)c2ccccc2CC1(C)Cc1cccc(NC(C)=O)c1. The van der Waals surface area contributed by atoms with Gasteiger partial charge in [-0.15, -0.1) is 6.58 Å². The molecule has 25 heavy (non-hydrogen) atoms. The number of hydrogen-bond donors (Lipinski definition) is 2. The second-order valence-corrected chi connectivity index (χ2v) is 7.31. The molecule has 3 nitrogen and oxygen atoms in total. The topological polar surface area (TPSA) is 49.3 Å². The molecule has 130 valence electrons. The predicted molar refractivity (Wildman–Crippen MR) is 101 cm³/mol. The lowest BCUT2D eigenvalue weighted by Gasteiger charge is -2.40. The number of anilines is 1. The number of benzene rings is 2. The van der Waals surface area contributed by atoms with Crippen LogP contribution < -0.4 is 5.32 Å². The van der Waals surface area contributed by atoms with Gasteiger partial charge in [0, 0.05) is 18.0 Å². The molecular weight excluding hydrogens is 310 g/mol. The average Bonchev–Trinajstić information content (AvgIpc) is 2.75. The zero-order valence-electron chi connectivity index (χ0n) is 14.9. The lowest BCUT2D eigenvalue weighted by atomic mass is 9.68. The van der Waals surface area contributed by atoms with Gasteiger partial charge >= 0.3 is 0 Å². The standard InChI is InChI=1S/C22H25NO2/c1-4-12-22(25)20-11-6-5-9-18(20)15-21(22,3)14-17-8-7-10-19(13-17)23-16(2)24/h4-11,13,25H,1,12,14-15H2,2-3H3,(H,23,24). The van der Waals surface area contributed by atoms with Crippen molar-refractivity contribution in [2.75, 3.05) is 5.32 Å². The number of rotatable bonds is 5. The highest BCUT2D eigenvalue weighted by molar-refractivity contribution is 5.88. The van der Waals surface area contributed by atoms with E-state index in [-0.39, 0.29) is 11.3 Å². The van der Waals surface area contributed by atoms with Crippen molar-refractivity contribution < 1.29 is 9.90 Å². The number of nitrogens with one attached hydrogen (secondary N) is 1. The van der Waals surface area contributed by atoms with Gasteiger partial charge < -0.3 is 10.4 Å². The van der Waals surface area contributed by atoms with Crippen molar-refractivity contribution in [3.8, 4) is 0 Å². The molecule has 0 heterocycles. The minimum absolute atomic E-state index is 0.0835. The number of carbonyl (C=O) groups is 1. The first-order chi connectivity index (χ1) is 11.9. The summed E-state index contributed by atoms with van der Waals surface area (Å²) in [4.78, 5) is 11.3. The summed E-state index contributed by atoms with van der Waals surface area (Å²) in [5, 5.41) is 14.4. The largest absolute Gasteiger partial charge is 0.384 e. The maximum atomic E-state index is 11.6. The fourth-order valence-electron chi connectivity index (χ4n) is 4.16. The molecule has 0 fully saturated rings. The Labute approximate surface area is 149 Å². The van der Waals surface area contributed by atoms with Crippen molar-refractivity contribution in [2.24, 2.45) is 5.41 Å². The van der Waals surface area contributed by atoms with Gasteiger partial charge in [-0.05, 0) is 48.1 Å². The van der Waals surface area contributed by atoms with Crippen LogP contribution in [0.25, 0.3) is 0 Å². The van der Waals surface area contributed by atoms with Crippen LogP contribution in [0.5, 0.6) is 0 Å². The van der Waals surface area contributed by atoms with Crippen LogP contribution in [0.15, 0.2) is 61.2 Å². The van der Waals surface area contributed by atoms with Gasteiger partial charge in [-0.1, -0.05) is 49.4 Å². The molecule has 2 unspecified atom stereocenters. The zero-order chi connectivity index (χ0) is 18.1. The minimum atomic E-state index is -0.935. The van der Waals surface area contributed by atoms with Gasteiger partial charge in [0.1, 0.15) is 0 Å². The molecule has 2 aromatic carbocycles. The Kier molecular flexibility index (Phi) is 4.53. The van der Waals surface area contributed by atoms with Crippen molar-refractivity contribution in [3.63, 3.8) is 0 Å².